The molecule has 0 spiro atoms. The molecule has 1 amide bonds. The van der Waals surface area contributed by atoms with E-state index in [1.54, 1.807) is 6.08 Å². The Hall–Kier alpha value is -1.66. The van der Waals surface area contributed by atoms with Gasteiger partial charge in [0.2, 0.25) is 5.91 Å². The number of unbranched alkanes of at least 4 members (excludes halogenated alkanes) is 33. The Kier molecular flexibility index (Phi) is 45.7. The topological polar surface area (TPSA) is 95.9 Å². The molecule has 0 heterocycles. The lowest BCUT2D eigenvalue weighted by molar-refractivity contribution is -0.143. The first-order valence-electron chi connectivity index (χ1n) is 25.1. The van der Waals surface area contributed by atoms with Gasteiger partial charge in [-0.1, -0.05) is 218 Å². The van der Waals surface area contributed by atoms with Crippen molar-refractivity contribution in [1.82, 2.24) is 5.32 Å². The van der Waals surface area contributed by atoms with Gasteiger partial charge in [0.05, 0.1) is 25.4 Å². The Bertz CT molecular complexity index is 889. The highest BCUT2D eigenvalue weighted by molar-refractivity contribution is 5.76. The number of nitrogens with one attached hydrogen (secondary N) is 1. The molecule has 0 aliphatic heterocycles. The van der Waals surface area contributed by atoms with Gasteiger partial charge in [0, 0.05) is 12.8 Å². The van der Waals surface area contributed by atoms with Gasteiger partial charge in [-0.3, -0.25) is 9.59 Å². The predicted octanol–water partition coefficient (Wildman–Crippen LogP) is 14.7. The molecule has 2 unspecified atom stereocenters. The molecule has 6 heteroatoms. The highest BCUT2D eigenvalue weighted by Crippen LogP contribution is 2.16. The number of aliphatic hydroxyl groups is 2. The molecule has 2 atom stereocenters. The van der Waals surface area contributed by atoms with Crippen molar-refractivity contribution in [2.75, 3.05) is 13.2 Å². The first kappa shape index (κ1) is 55.3. The van der Waals surface area contributed by atoms with Crippen molar-refractivity contribution < 1.29 is 24.5 Å². The van der Waals surface area contributed by atoms with Gasteiger partial charge in [-0.05, 0) is 57.8 Å². The Morgan fingerprint density at radius 1 is 0.474 bits per heavy atom. The van der Waals surface area contributed by atoms with Gasteiger partial charge in [0.25, 0.3) is 0 Å². The van der Waals surface area contributed by atoms with Crippen LogP contribution in [0.25, 0.3) is 0 Å². The number of allylic oxidation sites excluding steroid dienone is 3. The quantitative estimate of drug-likeness (QED) is 0.0324. The second-order valence-corrected chi connectivity index (χ2v) is 17.1. The van der Waals surface area contributed by atoms with Crippen molar-refractivity contribution in [3.05, 3.63) is 24.3 Å². The Labute approximate surface area is 354 Å². The summed E-state index contributed by atoms with van der Waals surface area (Å²) in [5.74, 6) is -0.0843. The van der Waals surface area contributed by atoms with E-state index in [0.717, 1.165) is 44.9 Å². The summed E-state index contributed by atoms with van der Waals surface area (Å²) in [6.07, 6.45) is 54.6. The maximum Gasteiger partial charge on any atom is 0.305 e. The number of esters is 1. The van der Waals surface area contributed by atoms with E-state index in [1.165, 1.54) is 193 Å². The fourth-order valence-corrected chi connectivity index (χ4v) is 7.57. The van der Waals surface area contributed by atoms with E-state index >= 15 is 0 Å². The van der Waals surface area contributed by atoms with Gasteiger partial charge in [0.15, 0.2) is 0 Å². The summed E-state index contributed by atoms with van der Waals surface area (Å²) in [7, 11) is 0. The zero-order valence-corrected chi connectivity index (χ0v) is 38.1. The molecule has 0 saturated carbocycles. The van der Waals surface area contributed by atoms with Crippen LogP contribution in [0.2, 0.25) is 0 Å². The van der Waals surface area contributed by atoms with Crippen LogP contribution in [0.1, 0.15) is 264 Å². The molecular weight excluding hydrogens is 707 g/mol. The van der Waals surface area contributed by atoms with Crippen LogP contribution in [0.3, 0.4) is 0 Å². The van der Waals surface area contributed by atoms with Gasteiger partial charge in [0.1, 0.15) is 0 Å². The van der Waals surface area contributed by atoms with Gasteiger partial charge in [-0.2, -0.15) is 0 Å². The highest BCUT2D eigenvalue weighted by atomic mass is 16.5. The normalized spacial score (nSPS) is 12.8. The van der Waals surface area contributed by atoms with Crippen LogP contribution < -0.4 is 5.32 Å². The molecule has 336 valence electrons. The number of carbonyl (C=O) groups excluding carboxylic acids is 2. The minimum atomic E-state index is -0.847. The average molecular weight is 804 g/mol. The molecule has 0 bridgehead atoms. The van der Waals surface area contributed by atoms with E-state index in [1.807, 2.05) is 6.08 Å². The SMILES string of the molecule is CCCCCC/C=C\CCCCCCCC(=O)OCCCCCCCCCCCCCCCCCCC(=O)NC(CO)C(O)/C=C/CCCCCCCCCCC. The lowest BCUT2D eigenvalue weighted by atomic mass is 10.0. The van der Waals surface area contributed by atoms with Gasteiger partial charge >= 0.3 is 5.97 Å². The summed E-state index contributed by atoms with van der Waals surface area (Å²) in [5.41, 5.74) is 0. The van der Waals surface area contributed by atoms with Crippen molar-refractivity contribution in [1.29, 1.82) is 0 Å². The first-order valence-corrected chi connectivity index (χ1v) is 25.1. The third-order valence-electron chi connectivity index (χ3n) is 11.5. The molecule has 6 nitrogen and oxygen atoms in total. The molecule has 0 aromatic heterocycles. The van der Waals surface area contributed by atoms with E-state index in [9.17, 15) is 19.8 Å². The van der Waals surface area contributed by atoms with Crippen molar-refractivity contribution in [3.63, 3.8) is 0 Å². The number of aliphatic hydroxyl groups excluding tert-OH is 2. The van der Waals surface area contributed by atoms with Crippen LogP contribution in [0.15, 0.2) is 24.3 Å². The zero-order chi connectivity index (χ0) is 41.5. The molecule has 0 aliphatic rings. The molecule has 0 fully saturated rings. The lowest BCUT2D eigenvalue weighted by Gasteiger charge is -2.20. The minimum absolute atomic E-state index is 0.00770. The summed E-state index contributed by atoms with van der Waals surface area (Å²) >= 11 is 0. The second kappa shape index (κ2) is 47.0. The molecule has 3 N–H and O–H groups in total. The maximum atomic E-state index is 12.4. The Morgan fingerprint density at radius 3 is 1.26 bits per heavy atom. The molecular formula is C51H97NO5. The second-order valence-electron chi connectivity index (χ2n) is 17.1. The van der Waals surface area contributed by atoms with Crippen LogP contribution in [-0.2, 0) is 14.3 Å². The summed E-state index contributed by atoms with van der Waals surface area (Å²) in [5, 5.41) is 23.0. The number of amides is 1. The first-order chi connectivity index (χ1) is 28.0. The summed E-state index contributed by atoms with van der Waals surface area (Å²) in [6, 6.07) is -0.631. The molecule has 0 aliphatic carbocycles. The summed E-state index contributed by atoms with van der Waals surface area (Å²) in [4.78, 5) is 24.4. The van der Waals surface area contributed by atoms with E-state index < -0.39 is 12.1 Å². The van der Waals surface area contributed by atoms with Crippen LogP contribution in [0.4, 0.5) is 0 Å². The van der Waals surface area contributed by atoms with E-state index in [2.05, 4.69) is 31.3 Å². The number of carbonyl (C=O) groups is 2. The van der Waals surface area contributed by atoms with E-state index in [-0.39, 0.29) is 18.5 Å². The summed E-state index contributed by atoms with van der Waals surface area (Å²) < 4.78 is 5.45. The fraction of sp³-hybridized carbons (Fsp3) is 0.882. The van der Waals surface area contributed by atoms with Gasteiger partial charge in [-0.25, -0.2) is 0 Å². The number of hydrogen-bond acceptors (Lipinski definition) is 5. The van der Waals surface area contributed by atoms with Crippen LogP contribution in [0, 0.1) is 0 Å². The largest absolute Gasteiger partial charge is 0.466 e. The molecule has 0 aromatic rings. The van der Waals surface area contributed by atoms with E-state index in [0.29, 0.717) is 19.4 Å². The average Bonchev–Trinajstić information content (AvgIpc) is 3.21. The third kappa shape index (κ3) is 43.7. The Balaban J connectivity index is 3.44. The van der Waals surface area contributed by atoms with Crippen molar-refractivity contribution in [2.45, 2.75) is 276 Å². The summed E-state index contributed by atoms with van der Waals surface area (Å²) in [6.45, 7) is 4.85. The maximum absolute atomic E-state index is 12.4. The van der Waals surface area contributed by atoms with Crippen LogP contribution >= 0.6 is 0 Å². The molecule has 57 heavy (non-hydrogen) atoms. The number of rotatable bonds is 46. The monoisotopic (exact) mass is 804 g/mol. The minimum Gasteiger partial charge on any atom is -0.466 e. The smallest absolute Gasteiger partial charge is 0.305 e. The van der Waals surface area contributed by atoms with Gasteiger partial charge < -0.3 is 20.3 Å². The molecule has 0 rings (SSSR count). The highest BCUT2D eigenvalue weighted by Gasteiger charge is 2.18. The third-order valence-corrected chi connectivity index (χ3v) is 11.5. The fourth-order valence-electron chi connectivity index (χ4n) is 7.57. The lowest BCUT2D eigenvalue weighted by Crippen LogP contribution is -2.45. The van der Waals surface area contributed by atoms with Gasteiger partial charge in [-0.15, -0.1) is 0 Å². The van der Waals surface area contributed by atoms with E-state index in [4.69, 9.17) is 4.74 Å². The van der Waals surface area contributed by atoms with Crippen molar-refractivity contribution in [2.24, 2.45) is 0 Å². The Morgan fingerprint density at radius 2 is 0.825 bits per heavy atom. The molecule has 0 radical (unpaired) electrons. The standard InChI is InChI=1S/C51H97NO5/c1-3-5-7-9-11-13-15-20-25-29-33-37-41-45-51(56)57-46-42-38-34-30-26-22-19-17-16-18-21-24-28-32-36-40-44-50(55)52-48(47-53)49(54)43-39-35-31-27-23-14-12-10-8-6-4-2/h13,15,39,43,48-49,53-54H,3-12,14,16-38,40-42,44-47H2,1-2H3,(H,52,55)/b15-13-,43-39+. The van der Waals surface area contributed by atoms with Crippen molar-refractivity contribution in [3.8, 4) is 0 Å². The van der Waals surface area contributed by atoms with Crippen molar-refractivity contribution >= 4 is 11.9 Å². The molecule has 0 saturated heterocycles. The molecule has 0 aromatic carbocycles. The zero-order valence-electron chi connectivity index (χ0n) is 38.1. The number of ether oxygens (including phenoxy) is 1. The van der Waals surface area contributed by atoms with Crippen LogP contribution in [-0.4, -0.2) is 47.4 Å². The predicted molar refractivity (Wildman–Crippen MR) is 246 cm³/mol. The van der Waals surface area contributed by atoms with Crippen LogP contribution in [0.5, 0.6) is 0 Å². The number of hydrogen-bond donors (Lipinski definition) is 3.